The van der Waals surface area contributed by atoms with Crippen LogP contribution in [0.5, 0.6) is 0 Å². The molecule has 0 atom stereocenters. The molecular formula is C11H16ClN3O3S. The van der Waals surface area contributed by atoms with Crippen LogP contribution in [0, 0.1) is 6.92 Å². The summed E-state index contributed by atoms with van der Waals surface area (Å²) in [6.07, 6.45) is 3.68. The molecule has 2 rings (SSSR count). The van der Waals surface area contributed by atoms with Crippen molar-refractivity contribution >= 4 is 25.6 Å². The van der Waals surface area contributed by atoms with Crippen LogP contribution in [0.25, 0.3) is 0 Å². The topological polar surface area (TPSA) is 91.9 Å². The van der Waals surface area contributed by atoms with Gasteiger partial charge in [-0.2, -0.15) is 5.10 Å². The maximum Gasteiger partial charge on any atom is 0.273 e. The lowest BCUT2D eigenvalue weighted by Crippen LogP contribution is -2.53. The highest BCUT2D eigenvalue weighted by molar-refractivity contribution is 8.13. The normalized spacial score (nSPS) is 17.8. The summed E-state index contributed by atoms with van der Waals surface area (Å²) in [5.41, 5.74) is -0.122. The first-order valence-corrected chi connectivity index (χ1v) is 8.42. The minimum atomic E-state index is -4.00. The molecule has 8 heteroatoms. The Morgan fingerprint density at radius 2 is 2.16 bits per heavy atom. The molecular weight excluding hydrogens is 290 g/mol. The third-order valence-electron chi connectivity index (χ3n) is 3.72. The Kier molecular flexibility index (Phi) is 3.61. The van der Waals surface area contributed by atoms with Crippen LogP contribution in [-0.2, 0) is 9.05 Å². The molecule has 1 aromatic rings. The number of hydrogen-bond donors (Lipinski definition) is 2. The maximum atomic E-state index is 12.2. The number of H-pyrrole nitrogens is 1. The Hall–Kier alpha value is -1.08. The zero-order chi connectivity index (χ0) is 14.3. The Morgan fingerprint density at radius 1 is 1.53 bits per heavy atom. The van der Waals surface area contributed by atoms with E-state index in [2.05, 4.69) is 15.5 Å². The average molecular weight is 306 g/mol. The van der Waals surface area contributed by atoms with E-state index in [0.717, 1.165) is 25.7 Å². The zero-order valence-corrected chi connectivity index (χ0v) is 12.4. The number of nitrogens with zero attached hydrogens (tertiary/aromatic N) is 1. The number of carbonyl (C=O) groups is 1. The van der Waals surface area contributed by atoms with Gasteiger partial charge in [-0.05, 0) is 32.6 Å². The van der Waals surface area contributed by atoms with Crippen LogP contribution in [0.4, 0.5) is 0 Å². The molecule has 0 radical (unpaired) electrons. The van der Waals surface area contributed by atoms with Crippen molar-refractivity contribution in [2.75, 3.05) is 0 Å². The molecule has 1 aliphatic rings. The summed E-state index contributed by atoms with van der Waals surface area (Å²) in [6, 6.07) is 0. The lowest BCUT2D eigenvalue weighted by Gasteiger charge is -2.41. The fraction of sp³-hybridized carbons (Fsp3) is 0.636. The van der Waals surface area contributed by atoms with E-state index in [4.69, 9.17) is 10.7 Å². The van der Waals surface area contributed by atoms with Gasteiger partial charge in [-0.3, -0.25) is 9.89 Å². The van der Waals surface area contributed by atoms with Crippen molar-refractivity contribution in [3.63, 3.8) is 0 Å². The molecule has 1 aliphatic carbocycles. The Balaban J connectivity index is 2.30. The van der Waals surface area contributed by atoms with Gasteiger partial charge in [0.25, 0.3) is 15.0 Å². The number of carbonyl (C=O) groups excluding carboxylic acids is 1. The monoisotopic (exact) mass is 305 g/mol. The Morgan fingerprint density at radius 3 is 2.58 bits per heavy atom. The van der Waals surface area contributed by atoms with Gasteiger partial charge in [0, 0.05) is 16.2 Å². The summed E-state index contributed by atoms with van der Waals surface area (Å²) in [7, 11) is 1.34. The quantitative estimate of drug-likeness (QED) is 0.828. The predicted octanol–water partition coefficient (Wildman–Crippen LogP) is 1.71. The number of aromatic amines is 1. The van der Waals surface area contributed by atoms with Crippen molar-refractivity contribution in [3.8, 4) is 0 Å². The van der Waals surface area contributed by atoms with Crippen LogP contribution < -0.4 is 5.32 Å². The fourth-order valence-electron chi connectivity index (χ4n) is 2.34. The van der Waals surface area contributed by atoms with Crippen LogP contribution in [0.15, 0.2) is 4.90 Å². The van der Waals surface area contributed by atoms with Gasteiger partial charge in [0.15, 0.2) is 5.69 Å². The van der Waals surface area contributed by atoms with Crippen LogP contribution in [-0.4, -0.2) is 30.1 Å². The van der Waals surface area contributed by atoms with Crippen molar-refractivity contribution in [2.24, 2.45) is 0 Å². The lowest BCUT2D eigenvalue weighted by atomic mass is 9.75. The second-order valence-electron chi connectivity index (χ2n) is 4.91. The van der Waals surface area contributed by atoms with Gasteiger partial charge in [0.1, 0.15) is 4.90 Å². The maximum absolute atomic E-state index is 12.2. The third kappa shape index (κ3) is 2.62. The van der Waals surface area contributed by atoms with E-state index in [0.29, 0.717) is 0 Å². The number of nitrogens with one attached hydrogen (secondary N) is 2. The summed E-state index contributed by atoms with van der Waals surface area (Å²) < 4.78 is 23.0. The second-order valence-corrected chi connectivity index (χ2v) is 7.41. The highest BCUT2D eigenvalue weighted by Crippen LogP contribution is 2.35. The molecule has 0 aliphatic heterocycles. The average Bonchev–Trinajstić information content (AvgIpc) is 2.65. The van der Waals surface area contributed by atoms with E-state index in [9.17, 15) is 13.2 Å². The number of aryl methyl sites for hydroxylation is 1. The first-order valence-electron chi connectivity index (χ1n) is 6.11. The van der Waals surface area contributed by atoms with E-state index in [1.54, 1.807) is 0 Å². The van der Waals surface area contributed by atoms with Crippen molar-refractivity contribution in [3.05, 3.63) is 11.4 Å². The highest BCUT2D eigenvalue weighted by atomic mass is 35.7. The SMILES string of the molecule is CCC1(NC(=O)c2n[nH]c(C)c2S(=O)(=O)Cl)CCC1. The summed E-state index contributed by atoms with van der Waals surface area (Å²) >= 11 is 0. The number of aromatic nitrogens is 2. The first kappa shape index (κ1) is 14.3. The van der Waals surface area contributed by atoms with Crippen molar-refractivity contribution in [1.29, 1.82) is 0 Å². The minimum Gasteiger partial charge on any atom is -0.345 e. The van der Waals surface area contributed by atoms with E-state index < -0.39 is 15.0 Å². The van der Waals surface area contributed by atoms with Crippen molar-refractivity contribution < 1.29 is 13.2 Å². The van der Waals surface area contributed by atoms with Gasteiger partial charge >= 0.3 is 0 Å². The molecule has 6 nitrogen and oxygen atoms in total. The molecule has 0 spiro atoms. The summed E-state index contributed by atoms with van der Waals surface area (Å²) in [5.74, 6) is -0.495. The zero-order valence-electron chi connectivity index (χ0n) is 10.8. The van der Waals surface area contributed by atoms with Crippen LogP contribution in [0.3, 0.4) is 0 Å². The van der Waals surface area contributed by atoms with E-state index in [1.165, 1.54) is 6.92 Å². The molecule has 2 N–H and O–H groups in total. The third-order valence-corrected chi connectivity index (χ3v) is 5.17. The minimum absolute atomic E-state index is 0.160. The summed E-state index contributed by atoms with van der Waals surface area (Å²) in [5, 5.41) is 9.13. The smallest absolute Gasteiger partial charge is 0.273 e. The molecule has 19 heavy (non-hydrogen) atoms. The molecule has 0 aromatic carbocycles. The molecule has 0 bridgehead atoms. The molecule has 1 aromatic heterocycles. The number of hydrogen-bond acceptors (Lipinski definition) is 4. The molecule has 1 heterocycles. The second kappa shape index (κ2) is 4.79. The van der Waals surface area contributed by atoms with Crippen LogP contribution in [0.1, 0.15) is 48.8 Å². The van der Waals surface area contributed by atoms with Crippen LogP contribution >= 0.6 is 10.7 Å². The van der Waals surface area contributed by atoms with Gasteiger partial charge in [-0.25, -0.2) is 8.42 Å². The fourth-order valence-corrected chi connectivity index (χ4v) is 3.69. The van der Waals surface area contributed by atoms with E-state index in [1.807, 2.05) is 6.92 Å². The molecule has 0 unspecified atom stereocenters. The largest absolute Gasteiger partial charge is 0.345 e. The number of halogens is 1. The lowest BCUT2D eigenvalue weighted by molar-refractivity contribution is 0.0811. The summed E-state index contributed by atoms with van der Waals surface area (Å²) in [6.45, 7) is 3.51. The van der Waals surface area contributed by atoms with Gasteiger partial charge in [-0.15, -0.1) is 0 Å². The van der Waals surface area contributed by atoms with Gasteiger partial charge in [0.05, 0.1) is 5.69 Å². The van der Waals surface area contributed by atoms with Gasteiger partial charge in [0.2, 0.25) is 0 Å². The van der Waals surface area contributed by atoms with Crippen molar-refractivity contribution in [2.45, 2.75) is 50.0 Å². The number of rotatable bonds is 4. The van der Waals surface area contributed by atoms with Crippen molar-refractivity contribution in [1.82, 2.24) is 15.5 Å². The Bertz CT molecular complexity index is 599. The molecule has 0 saturated heterocycles. The van der Waals surface area contributed by atoms with Gasteiger partial charge in [-0.1, -0.05) is 6.92 Å². The number of amides is 1. The molecule has 1 amide bonds. The van der Waals surface area contributed by atoms with Crippen LogP contribution in [0.2, 0.25) is 0 Å². The van der Waals surface area contributed by atoms with E-state index in [-0.39, 0.29) is 21.8 Å². The van der Waals surface area contributed by atoms with E-state index >= 15 is 0 Å². The predicted molar refractivity (Wildman–Crippen MR) is 70.7 cm³/mol. The van der Waals surface area contributed by atoms with Gasteiger partial charge < -0.3 is 5.32 Å². The first-order chi connectivity index (χ1) is 8.79. The molecule has 106 valence electrons. The molecule has 1 fully saturated rings. The standard InChI is InChI=1S/C11H16ClN3O3S/c1-3-11(5-4-6-11)13-10(16)8-9(19(12,17)18)7(2)14-15-8/h3-6H2,1-2H3,(H,13,16)(H,14,15). The Labute approximate surface area is 116 Å². The summed E-state index contributed by atoms with van der Waals surface area (Å²) in [4.78, 5) is 11.9. The molecule has 1 saturated carbocycles. The highest BCUT2D eigenvalue weighted by Gasteiger charge is 2.38.